The van der Waals surface area contributed by atoms with Crippen LogP contribution in [0.4, 0.5) is 19.0 Å². The molecule has 0 aliphatic carbocycles. The van der Waals surface area contributed by atoms with Crippen LogP contribution in [-0.2, 0) is 14.3 Å². The molecular weight excluding hydrogens is 403 g/mol. The topological polar surface area (TPSA) is 89.5 Å². The average Bonchev–Trinajstić information content (AvgIpc) is 2.66. The number of nitrogens with zero attached hydrogens (tertiary/aromatic N) is 1. The molecule has 0 aliphatic heterocycles. The molecule has 150 valence electrons. The number of para-hydroxylation sites is 1. The van der Waals surface area contributed by atoms with Gasteiger partial charge in [0.15, 0.2) is 6.61 Å². The lowest BCUT2D eigenvalue weighted by Gasteiger charge is -2.34. The maximum Gasteiger partial charge on any atom is 0.441 e. The van der Waals surface area contributed by atoms with Gasteiger partial charge in [-0.05, 0) is 24.3 Å². The monoisotopic (exact) mass is 417 g/mol. The third kappa shape index (κ3) is 5.03. The van der Waals surface area contributed by atoms with Crippen molar-refractivity contribution in [2.45, 2.75) is 11.8 Å². The summed E-state index contributed by atoms with van der Waals surface area (Å²) in [6.07, 6.45) is -4.20. The van der Waals surface area contributed by atoms with Crippen LogP contribution in [0.3, 0.4) is 0 Å². The number of pyridine rings is 1. The Morgan fingerprint density at radius 1 is 1.14 bits per heavy atom. The summed E-state index contributed by atoms with van der Waals surface area (Å²) in [6.45, 7) is -0.769. The minimum Gasteiger partial charge on any atom is -0.484 e. The largest absolute Gasteiger partial charge is 0.484 e. The summed E-state index contributed by atoms with van der Waals surface area (Å²) in [5.41, 5.74) is -3.58. The van der Waals surface area contributed by atoms with Crippen LogP contribution in [-0.4, -0.2) is 42.4 Å². The van der Waals surface area contributed by atoms with Gasteiger partial charge in [0.25, 0.3) is 5.91 Å². The lowest BCUT2D eigenvalue weighted by atomic mass is 10.1. The van der Waals surface area contributed by atoms with Gasteiger partial charge in [-0.3, -0.25) is 4.79 Å². The summed E-state index contributed by atoms with van der Waals surface area (Å²) in [7, 11) is 0.756. The van der Waals surface area contributed by atoms with E-state index in [1.54, 1.807) is 23.5 Å². The quantitative estimate of drug-likeness (QED) is 0.532. The molecule has 0 bridgehead atoms. The molecule has 2 N–H and O–H groups in total. The molecule has 0 aliphatic rings. The van der Waals surface area contributed by atoms with E-state index in [1.807, 2.05) is 5.32 Å². The number of hydrogen-bond acceptors (Lipinski definition) is 6. The molecule has 7 nitrogen and oxygen atoms in total. The summed E-state index contributed by atoms with van der Waals surface area (Å²) < 4.78 is 50.9. The summed E-state index contributed by atoms with van der Waals surface area (Å²) in [5, 5.41) is 3.66. The minimum atomic E-state index is -5.27. The second-order valence-corrected chi connectivity index (χ2v) is 5.81. The van der Waals surface area contributed by atoms with E-state index in [9.17, 15) is 22.8 Å². The van der Waals surface area contributed by atoms with E-state index in [0.29, 0.717) is 0 Å². The highest BCUT2D eigenvalue weighted by Crippen LogP contribution is 2.32. The molecule has 1 amide bonds. The molecule has 2 rings (SSSR count). The number of rotatable bonds is 7. The number of methoxy groups -OCH3 is 1. The van der Waals surface area contributed by atoms with Crippen LogP contribution in [0.25, 0.3) is 0 Å². The maximum absolute atomic E-state index is 13.8. The van der Waals surface area contributed by atoms with Gasteiger partial charge in [-0.2, -0.15) is 13.2 Å². The van der Waals surface area contributed by atoms with Crippen LogP contribution in [0.2, 0.25) is 5.02 Å². The molecule has 0 spiro atoms. The van der Waals surface area contributed by atoms with Crippen molar-refractivity contribution in [1.82, 2.24) is 10.3 Å². The fraction of sp³-hybridized carbons (Fsp3) is 0.235. The molecule has 1 heterocycles. The number of alkyl halides is 3. The van der Waals surface area contributed by atoms with E-state index >= 15 is 0 Å². The number of halogens is 4. The summed E-state index contributed by atoms with van der Waals surface area (Å²) in [5.74, 6) is -3.10. The minimum absolute atomic E-state index is 0.168. The first-order chi connectivity index (χ1) is 13.2. The van der Waals surface area contributed by atoms with Gasteiger partial charge in [-0.1, -0.05) is 29.8 Å². The standard InChI is InChI=1S/C17H15ClF3N3O4/c1-27-15(26)16(17(19,20)21,23-13-8-7-11(18)9-22-13)24-14(25)10-28-12-5-3-2-4-6-12/h2-9H,10H2,1H3,(H,22,23)(H,24,25). The fourth-order valence-electron chi connectivity index (χ4n) is 2.10. The van der Waals surface area contributed by atoms with Gasteiger partial charge in [-0.25, -0.2) is 9.78 Å². The highest BCUT2D eigenvalue weighted by Gasteiger charge is 2.63. The molecular formula is C17H15ClF3N3O4. The van der Waals surface area contributed by atoms with Gasteiger partial charge in [0, 0.05) is 6.20 Å². The lowest BCUT2D eigenvalue weighted by Crippen LogP contribution is -2.69. The molecule has 1 aromatic carbocycles. The zero-order valence-electron chi connectivity index (χ0n) is 14.4. The molecule has 28 heavy (non-hydrogen) atoms. The van der Waals surface area contributed by atoms with Gasteiger partial charge >= 0.3 is 17.8 Å². The van der Waals surface area contributed by atoms with E-state index in [-0.39, 0.29) is 16.6 Å². The molecule has 11 heteroatoms. The van der Waals surface area contributed by atoms with Crippen molar-refractivity contribution >= 4 is 29.3 Å². The second kappa shape index (κ2) is 8.79. The molecule has 2 aromatic rings. The van der Waals surface area contributed by atoms with E-state index in [2.05, 4.69) is 9.72 Å². The number of carbonyl (C=O) groups is 2. The number of carbonyl (C=O) groups excluding carboxylic acids is 2. The number of aromatic nitrogens is 1. The van der Waals surface area contributed by atoms with Crippen LogP contribution >= 0.6 is 11.6 Å². The highest BCUT2D eigenvalue weighted by atomic mass is 35.5. The number of anilines is 1. The molecule has 1 atom stereocenters. The van der Waals surface area contributed by atoms with Crippen LogP contribution in [0, 0.1) is 0 Å². The first kappa shape index (κ1) is 21.3. The van der Waals surface area contributed by atoms with Crippen molar-refractivity contribution < 1.29 is 32.2 Å². The molecule has 0 saturated heterocycles. The number of benzene rings is 1. The first-order valence-electron chi connectivity index (χ1n) is 7.71. The predicted molar refractivity (Wildman–Crippen MR) is 93.8 cm³/mol. The van der Waals surface area contributed by atoms with Crippen molar-refractivity contribution in [1.29, 1.82) is 0 Å². The van der Waals surface area contributed by atoms with Gasteiger partial charge in [0.2, 0.25) is 0 Å². The Labute approximate surface area is 162 Å². The van der Waals surface area contributed by atoms with E-state index in [0.717, 1.165) is 19.4 Å². The Morgan fingerprint density at radius 2 is 1.82 bits per heavy atom. The van der Waals surface area contributed by atoms with Gasteiger partial charge < -0.3 is 20.1 Å². The number of ether oxygens (including phenoxy) is 2. The highest BCUT2D eigenvalue weighted by molar-refractivity contribution is 6.30. The Bertz CT molecular complexity index is 819. The Balaban J connectivity index is 2.27. The van der Waals surface area contributed by atoms with Crippen LogP contribution in [0.1, 0.15) is 0 Å². The molecule has 1 unspecified atom stereocenters. The Hall–Kier alpha value is -3.01. The first-order valence-corrected chi connectivity index (χ1v) is 8.09. The van der Waals surface area contributed by atoms with Gasteiger partial charge in [0.05, 0.1) is 12.1 Å². The number of hydrogen-bond donors (Lipinski definition) is 2. The Kier molecular flexibility index (Phi) is 6.68. The number of nitrogens with one attached hydrogen (secondary N) is 2. The lowest BCUT2D eigenvalue weighted by molar-refractivity contribution is -0.206. The van der Waals surface area contributed by atoms with Crippen molar-refractivity contribution in [3.05, 3.63) is 53.7 Å². The van der Waals surface area contributed by atoms with E-state index in [4.69, 9.17) is 16.3 Å². The van der Waals surface area contributed by atoms with Crippen molar-refractivity contribution in [3.8, 4) is 5.75 Å². The van der Waals surface area contributed by atoms with E-state index < -0.39 is 30.3 Å². The SMILES string of the molecule is COC(=O)C(NC(=O)COc1ccccc1)(Nc1ccc(Cl)cn1)C(F)(F)F. The second-order valence-electron chi connectivity index (χ2n) is 5.38. The fourth-order valence-corrected chi connectivity index (χ4v) is 2.21. The van der Waals surface area contributed by atoms with Gasteiger partial charge in [0.1, 0.15) is 11.6 Å². The van der Waals surface area contributed by atoms with Gasteiger partial charge in [-0.15, -0.1) is 0 Å². The smallest absolute Gasteiger partial charge is 0.441 e. The third-order valence-corrected chi connectivity index (χ3v) is 3.62. The zero-order chi connectivity index (χ0) is 20.8. The normalized spacial score (nSPS) is 13.2. The number of esters is 1. The average molecular weight is 418 g/mol. The maximum atomic E-state index is 13.8. The summed E-state index contributed by atoms with van der Waals surface area (Å²) in [4.78, 5) is 27.8. The van der Waals surface area contributed by atoms with Crippen LogP contribution in [0.15, 0.2) is 48.7 Å². The number of amides is 1. The third-order valence-electron chi connectivity index (χ3n) is 3.40. The predicted octanol–water partition coefficient (Wildman–Crippen LogP) is 2.77. The van der Waals surface area contributed by atoms with Crippen LogP contribution < -0.4 is 15.4 Å². The summed E-state index contributed by atoms with van der Waals surface area (Å²) >= 11 is 5.66. The Morgan fingerprint density at radius 3 is 2.36 bits per heavy atom. The van der Waals surface area contributed by atoms with Crippen molar-refractivity contribution in [3.63, 3.8) is 0 Å². The molecule has 1 aromatic heterocycles. The molecule has 0 radical (unpaired) electrons. The molecule has 0 saturated carbocycles. The van der Waals surface area contributed by atoms with Crippen molar-refractivity contribution in [2.24, 2.45) is 0 Å². The van der Waals surface area contributed by atoms with Crippen LogP contribution in [0.5, 0.6) is 5.75 Å². The van der Waals surface area contributed by atoms with E-state index in [1.165, 1.54) is 18.2 Å². The zero-order valence-corrected chi connectivity index (χ0v) is 15.2. The summed E-state index contributed by atoms with van der Waals surface area (Å²) in [6, 6.07) is 10.3. The van der Waals surface area contributed by atoms with Crippen molar-refractivity contribution in [2.75, 3.05) is 19.0 Å². The molecule has 0 fully saturated rings.